The Morgan fingerprint density at radius 2 is 1.59 bits per heavy atom. The molecule has 3 nitrogen and oxygen atoms in total. The fraction of sp³-hybridized carbons (Fsp3) is 0. The van der Waals surface area contributed by atoms with Crippen LogP contribution in [-0.4, -0.2) is 14.6 Å². The predicted octanol–water partition coefficient (Wildman–Crippen LogP) is 3.70. The van der Waals surface area contributed by atoms with Crippen molar-refractivity contribution < 1.29 is 0 Å². The summed E-state index contributed by atoms with van der Waals surface area (Å²) in [6, 6.07) is 11.0. The molecule has 0 atom stereocenters. The van der Waals surface area contributed by atoms with Crippen molar-refractivity contribution in [3.8, 4) is 11.4 Å². The Hall–Kier alpha value is -1.58. The molecule has 0 aliphatic carbocycles. The van der Waals surface area contributed by atoms with Crippen LogP contribution in [0.2, 0.25) is 10.0 Å². The first-order valence-corrected chi connectivity index (χ1v) is 5.76. The van der Waals surface area contributed by atoms with Gasteiger partial charge >= 0.3 is 0 Å². The molecule has 0 aliphatic rings. The van der Waals surface area contributed by atoms with Gasteiger partial charge in [-0.25, -0.2) is 9.50 Å². The third-order valence-corrected chi connectivity index (χ3v) is 2.87. The monoisotopic (exact) mass is 263 g/mol. The van der Waals surface area contributed by atoms with Crippen molar-refractivity contribution in [2.75, 3.05) is 0 Å². The second-order valence-electron chi connectivity index (χ2n) is 3.59. The minimum absolute atomic E-state index is 0.630. The Balaban J connectivity index is 2.14. The molecule has 0 spiro atoms. The van der Waals surface area contributed by atoms with E-state index in [2.05, 4.69) is 10.1 Å². The van der Waals surface area contributed by atoms with Gasteiger partial charge in [0.25, 0.3) is 0 Å². The molecule has 0 fully saturated rings. The highest BCUT2D eigenvalue weighted by molar-refractivity contribution is 6.30. The van der Waals surface area contributed by atoms with E-state index in [0.717, 1.165) is 11.2 Å². The molecule has 3 aromatic rings. The van der Waals surface area contributed by atoms with Crippen molar-refractivity contribution in [2.45, 2.75) is 0 Å². The first-order chi connectivity index (χ1) is 8.22. The highest BCUT2D eigenvalue weighted by Gasteiger charge is 2.06. The summed E-state index contributed by atoms with van der Waals surface area (Å²) in [5.74, 6) is 0.656. The summed E-state index contributed by atoms with van der Waals surface area (Å²) in [6.45, 7) is 0. The Labute approximate surface area is 108 Å². The van der Waals surface area contributed by atoms with Gasteiger partial charge in [0.1, 0.15) is 0 Å². The predicted molar refractivity (Wildman–Crippen MR) is 68.4 cm³/mol. The fourth-order valence-electron chi connectivity index (χ4n) is 1.58. The molecule has 17 heavy (non-hydrogen) atoms. The van der Waals surface area contributed by atoms with Gasteiger partial charge in [-0.3, -0.25) is 0 Å². The van der Waals surface area contributed by atoms with E-state index in [1.807, 2.05) is 30.3 Å². The molecule has 0 saturated carbocycles. The number of pyridine rings is 1. The number of hydrogen-bond donors (Lipinski definition) is 0. The molecule has 0 unspecified atom stereocenters. The van der Waals surface area contributed by atoms with Gasteiger partial charge in [-0.15, -0.1) is 5.10 Å². The number of nitrogens with zero attached hydrogens (tertiary/aromatic N) is 3. The average molecular weight is 264 g/mol. The molecular formula is C12H7Cl2N3. The second kappa shape index (κ2) is 4.02. The van der Waals surface area contributed by atoms with Gasteiger partial charge in [-0.2, -0.15) is 0 Å². The van der Waals surface area contributed by atoms with E-state index in [9.17, 15) is 0 Å². The molecule has 2 aromatic heterocycles. The molecule has 5 heteroatoms. The highest BCUT2D eigenvalue weighted by atomic mass is 35.5. The maximum absolute atomic E-state index is 5.89. The quantitative estimate of drug-likeness (QED) is 0.670. The van der Waals surface area contributed by atoms with Gasteiger partial charge < -0.3 is 0 Å². The Morgan fingerprint density at radius 1 is 0.882 bits per heavy atom. The molecule has 0 N–H and O–H groups in total. The van der Waals surface area contributed by atoms with Gasteiger partial charge in [0.2, 0.25) is 0 Å². The fourth-order valence-corrected chi connectivity index (χ4v) is 1.86. The van der Waals surface area contributed by atoms with Crippen LogP contribution in [0.1, 0.15) is 0 Å². The Bertz CT molecular complexity index is 674. The zero-order chi connectivity index (χ0) is 11.8. The van der Waals surface area contributed by atoms with Crippen molar-refractivity contribution >= 4 is 28.8 Å². The molecule has 1 aromatic carbocycles. The summed E-state index contributed by atoms with van der Waals surface area (Å²) in [7, 11) is 0. The molecule has 0 bridgehead atoms. The van der Waals surface area contributed by atoms with Crippen molar-refractivity contribution in [2.24, 2.45) is 0 Å². The topological polar surface area (TPSA) is 30.2 Å². The number of aromatic nitrogens is 3. The molecule has 3 rings (SSSR count). The van der Waals surface area contributed by atoms with E-state index in [4.69, 9.17) is 23.2 Å². The number of benzene rings is 1. The zero-order valence-electron chi connectivity index (χ0n) is 8.64. The van der Waals surface area contributed by atoms with Gasteiger partial charge in [-0.1, -0.05) is 23.2 Å². The van der Waals surface area contributed by atoms with Gasteiger partial charge in [0.15, 0.2) is 11.5 Å². The summed E-state index contributed by atoms with van der Waals surface area (Å²) in [6.07, 6.45) is 1.73. The van der Waals surface area contributed by atoms with E-state index < -0.39 is 0 Å². The largest absolute Gasteiger partial charge is 0.219 e. The van der Waals surface area contributed by atoms with Crippen LogP contribution in [0.3, 0.4) is 0 Å². The SMILES string of the molecule is Clc1ccc(-c2nc3ccc(Cl)cn3n2)cc1. The molecule has 0 amide bonds. The maximum Gasteiger partial charge on any atom is 0.182 e. The van der Waals surface area contributed by atoms with Crippen LogP contribution >= 0.6 is 23.2 Å². The van der Waals surface area contributed by atoms with Gasteiger partial charge in [-0.05, 0) is 36.4 Å². The van der Waals surface area contributed by atoms with Crippen LogP contribution in [0.5, 0.6) is 0 Å². The molecule has 84 valence electrons. The second-order valence-corrected chi connectivity index (χ2v) is 4.47. The first-order valence-electron chi connectivity index (χ1n) is 5.00. The number of hydrogen-bond acceptors (Lipinski definition) is 2. The van der Waals surface area contributed by atoms with E-state index in [0.29, 0.717) is 15.9 Å². The van der Waals surface area contributed by atoms with Crippen molar-refractivity contribution in [1.29, 1.82) is 0 Å². The lowest BCUT2D eigenvalue weighted by Crippen LogP contribution is -1.86. The van der Waals surface area contributed by atoms with E-state index in [1.165, 1.54) is 0 Å². The van der Waals surface area contributed by atoms with Gasteiger partial charge in [0, 0.05) is 16.8 Å². The van der Waals surface area contributed by atoms with Crippen LogP contribution in [0.25, 0.3) is 17.0 Å². The van der Waals surface area contributed by atoms with Crippen LogP contribution in [0, 0.1) is 0 Å². The van der Waals surface area contributed by atoms with E-state index in [1.54, 1.807) is 16.8 Å². The molecule has 0 radical (unpaired) electrons. The van der Waals surface area contributed by atoms with E-state index in [-0.39, 0.29) is 0 Å². The lowest BCUT2D eigenvalue weighted by molar-refractivity contribution is 0.966. The third-order valence-electron chi connectivity index (χ3n) is 2.40. The average Bonchev–Trinajstić information content (AvgIpc) is 2.72. The summed E-state index contributed by atoms with van der Waals surface area (Å²) >= 11 is 11.7. The molecular weight excluding hydrogens is 257 g/mol. The first kappa shape index (κ1) is 10.6. The molecule has 0 saturated heterocycles. The Morgan fingerprint density at radius 3 is 2.35 bits per heavy atom. The lowest BCUT2D eigenvalue weighted by Gasteiger charge is -1.93. The maximum atomic E-state index is 5.89. The normalized spacial score (nSPS) is 10.9. The minimum atomic E-state index is 0.630. The number of halogens is 2. The Kier molecular flexibility index (Phi) is 2.50. The molecule has 0 aliphatic heterocycles. The highest BCUT2D eigenvalue weighted by Crippen LogP contribution is 2.19. The van der Waals surface area contributed by atoms with Crippen molar-refractivity contribution in [1.82, 2.24) is 14.6 Å². The van der Waals surface area contributed by atoms with Crippen LogP contribution in [0.15, 0.2) is 42.6 Å². The molecule has 2 heterocycles. The third kappa shape index (κ3) is 1.99. The summed E-state index contributed by atoms with van der Waals surface area (Å²) in [5, 5.41) is 5.68. The summed E-state index contributed by atoms with van der Waals surface area (Å²) in [4.78, 5) is 4.40. The van der Waals surface area contributed by atoms with Crippen LogP contribution in [0.4, 0.5) is 0 Å². The summed E-state index contributed by atoms with van der Waals surface area (Å²) in [5.41, 5.74) is 1.69. The smallest absolute Gasteiger partial charge is 0.182 e. The summed E-state index contributed by atoms with van der Waals surface area (Å²) < 4.78 is 1.66. The van der Waals surface area contributed by atoms with Crippen LogP contribution in [-0.2, 0) is 0 Å². The standard InChI is InChI=1S/C12H7Cl2N3/c13-9-3-1-8(2-4-9)12-15-11-6-5-10(14)7-17(11)16-12/h1-7H. The number of fused-ring (bicyclic) bond motifs is 1. The lowest BCUT2D eigenvalue weighted by atomic mass is 10.2. The van der Waals surface area contributed by atoms with Gasteiger partial charge in [0.05, 0.1) is 5.02 Å². The minimum Gasteiger partial charge on any atom is -0.219 e. The van der Waals surface area contributed by atoms with E-state index >= 15 is 0 Å². The van der Waals surface area contributed by atoms with Crippen LogP contribution < -0.4 is 0 Å². The zero-order valence-corrected chi connectivity index (χ0v) is 10.2. The number of rotatable bonds is 1. The van der Waals surface area contributed by atoms with Crippen molar-refractivity contribution in [3.63, 3.8) is 0 Å². The van der Waals surface area contributed by atoms with Crippen molar-refractivity contribution in [3.05, 3.63) is 52.6 Å².